The van der Waals surface area contributed by atoms with Gasteiger partial charge in [-0.2, -0.15) is 0 Å². The molecular weight excluding hydrogens is 200 g/mol. The highest BCUT2D eigenvalue weighted by molar-refractivity contribution is 5.09. The lowest BCUT2D eigenvalue weighted by Crippen LogP contribution is -2.43. The average molecular weight is 220 g/mol. The van der Waals surface area contributed by atoms with Crippen LogP contribution < -0.4 is 0 Å². The van der Waals surface area contributed by atoms with Crippen molar-refractivity contribution in [2.24, 2.45) is 5.41 Å². The Bertz CT molecular complexity index is 328. The van der Waals surface area contributed by atoms with Crippen molar-refractivity contribution in [3.63, 3.8) is 0 Å². The Hall–Kier alpha value is -0.930. The van der Waals surface area contributed by atoms with Crippen molar-refractivity contribution in [3.05, 3.63) is 30.1 Å². The lowest BCUT2D eigenvalue weighted by Gasteiger charge is -2.39. The quantitative estimate of drug-likeness (QED) is 0.842. The van der Waals surface area contributed by atoms with Gasteiger partial charge in [0.2, 0.25) is 0 Å². The first-order chi connectivity index (χ1) is 7.72. The second-order valence-electron chi connectivity index (χ2n) is 5.14. The molecule has 1 aromatic rings. The van der Waals surface area contributed by atoms with Crippen molar-refractivity contribution in [2.75, 3.05) is 19.7 Å². The van der Waals surface area contributed by atoms with Gasteiger partial charge in [-0.15, -0.1) is 0 Å². The zero-order valence-electron chi connectivity index (χ0n) is 9.89. The molecular formula is C13H20N2O. The van der Waals surface area contributed by atoms with Crippen LogP contribution in [0, 0.1) is 5.41 Å². The molecule has 0 bridgehead atoms. The van der Waals surface area contributed by atoms with Gasteiger partial charge >= 0.3 is 0 Å². The number of rotatable bonds is 3. The van der Waals surface area contributed by atoms with E-state index in [1.165, 1.54) is 12.0 Å². The molecule has 1 atom stereocenters. The van der Waals surface area contributed by atoms with Crippen molar-refractivity contribution >= 4 is 0 Å². The molecule has 1 N–H and O–H groups in total. The largest absolute Gasteiger partial charge is 0.396 e. The second-order valence-corrected chi connectivity index (χ2v) is 5.14. The summed E-state index contributed by atoms with van der Waals surface area (Å²) in [5, 5.41) is 9.40. The van der Waals surface area contributed by atoms with E-state index < -0.39 is 0 Å². The highest BCUT2D eigenvalue weighted by atomic mass is 16.3. The molecule has 0 aliphatic carbocycles. The second kappa shape index (κ2) is 4.93. The molecule has 1 saturated heterocycles. The highest BCUT2D eigenvalue weighted by Gasteiger charge is 2.29. The van der Waals surface area contributed by atoms with Crippen LogP contribution in [0.1, 0.15) is 25.3 Å². The van der Waals surface area contributed by atoms with E-state index in [9.17, 15) is 5.11 Å². The molecule has 3 nitrogen and oxygen atoms in total. The fourth-order valence-electron chi connectivity index (χ4n) is 2.44. The Labute approximate surface area is 97.1 Å². The van der Waals surface area contributed by atoms with E-state index in [-0.39, 0.29) is 5.41 Å². The van der Waals surface area contributed by atoms with Crippen LogP contribution in [0.4, 0.5) is 0 Å². The summed E-state index contributed by atoms with van der Waals surface area (Å²) in [5.41, 5.74) is 1.39. The molecule has 0 radical (unpaired) electrons. The smallest absolute Gasteiger partial charge is 0.0497 e. The summed E-state index contributed by atoms with van der Waals surface area (Å²) in [6.45, 7) is 5.56. The topological polar surface area (TPSA) is 36.4 Å². The molecule has 2 rings (SSSR count). The number of aromatic nitrogens is 1. The van der Waals surface area contributed by atoms with Crippen LogP contribution >= 0.6 is 0 Å². The number of aliphatic hydroxyl groups excluding tert-OH is 1. The van der Waals surface area contributed by atoms with E-state index in [2.05, 4.69) is 28.9 Å². The van der Waals surface area contributed by atoms with Crippen LogP contribution in [0.5, 0.6) is 0 Å². The minimum Gasteiger partial charge on any atom is -0.396 e. The Morgan fingerprint density at radius 1 is 1.44 bits per heavy atom. The molecule has 16 heavy (non-hydrogen) atoms. The molecule has 0 amide bonds. The summed E-state index contributed by atoms with van der Waals surface area (Å²) >= 11 is 0. The third kappa shape index (κ3) is 2.80. The first-order valence-electron chi connectivity index (χ1n) is 5.94. The third-order valence-electron chi connectivity index (χ3n) is 3.40. The number of piperidine rings is 1. The van der Waals surface area contributed by atoms with E-state index in [1.54, 1.807) is 0 Å². The van der Waals surface area contributed by atoms with Gasteiger partial charge in [-0.05, 0) is 37.1 Å². The lowest BCUT2D eigenvalue weighted by molar-refractivity contribution is 0.0429. The Balaban J connectivity index is 1.96. The van der Waals surface area contributed by atoms with Gasteiger partial charge < -0.3 is 5.11 Å². The molecule has 3 heteroatoms. The highest BCUT2D eigenvalue weighted by Crippen LogP contribution is 2.29. The number of likely N-dealkylation sites (tertiary alicyclic amines) is 1. The molecule has 2 heterocycles. The molecule has 0 saturated carbocycles. The van der Waals surface area contributed by atoms with E-state index in [0.717, 1.165) is 26.1 Å². The summed E-state index contributed by atoms with van der Waals surface area (Å²) in [4.78, 5) is 6.45. The monoisotopic (exact) mass is 220 g/mol. The van der Waals surface area contributed by atoms with E-state index in [0.29, 0.717) is 6.61 Å². The van der Waals surface area contributed by atoms with Gasteiger partial charge in [0.1, 0.15) is 0 Å². The number of aliphatic hydroxyl groups is 1. The maximum atomic E-state index is 9.40. The lowest BCUT2D eigenvalue weighted by atomic mass is 9.83. The van der Waals surface area contributed by atoms with E-state index >= 15 is 0 Å². The van der Waals surface area contributed by atoms with Crippen LogP contribution in [0.2, 0.25) is 0 Å². The van der Waals surface area contributed by atoms with Crippen molar-refractivity contribution in [1.82, 2.24) is 9.88 Å². The van der Waals surface area contributed by atoms with Crippen molar-refractivity contribution in [2.45, 2.75) is 26.3 Å². The molecule has 1 aliphatic rings. The number of hydrogen-bond donors (Lipinski definition) is 1. The van der Waals surface area contributed by atoms with Gasteiger partial charge in [0.15, 0.2) is 0 Å². The predicted molar refractivity (Wildman–Crippen MR) is 63.9 cm³/mol. The first-order valence-corrected chi connectivity index (χ1v) is 5.94. The van der Waals surface area contributed by atoms with Crippen molar-refractivity contribution < 1.29 is 5.11 Å². The van der Waals surface area contributed by atoms with Gasteiger partial charge in [-0.3, -0.25) is 9.88 Å². The normalized spacial score (nSPS) is 26.9. The van der Waals surface area contributed by atoms with Crippen LogP contribution in [0.25, 0.3) is 0 Å². The Kier molecular flexibility index (Phi) is 3.56. The van der Waals surface area contributed by atoms with Gasteiger partial charge in [0, 0.05) is 37.5 Å². The predicted octanol–water partition coefficient (Wildman–Crippen LogP) is 1.68. The van der Waals surface area contributed by atoms with Gasteiger partial charge in [-0.1, -0.05) is 6.92 Å². The number of hydrogen-bond acceptors (Lipinski definition) is 3. The van der Waals surface area contributed by atoms with Crippen LogP contribution in [0.15, 0.2) is 24.5 Å². The maximum absolute atomic E-state index is 9.40. The van der Waals surface area contributed by atoms with Crippen molar-refractivity contribution in [1.29, 1.82) is 0 Å². The third-order valence-corrected chi connectivity index (χ3v) is 3.40. The number of pyridine rings is 1. The Morgan fingerprint density at radius 3 is 2.88 bits per heavy atom. The van der Waals surface area contributed by atoms with Gasteiger partial charge in [0.25, 0.3) is 0 Å². The summed E-state index contributed by atoms with van der Waals surface area (Å²) in [7, 11) is 0. The zero-order chi connectivity index (χ0) is 11.4. The fourth-order valence-corrected chi connectivity index (χ4v) is 2.44. The minimum atomic E-state index is 0.0886. The van der Waals surface area contributed by atoms with Gasteiger partial charge in [0.05, 0.1) is 0 Å². The maximum Gasteiger partial charge on any atom is 0.0497 e. The van der Waals surface area contributed by atoms with Crippen LogP contribution in [0.3, 0.4) is 0 Å². The zero-order valence-corrected chi connectivity index (χ0v) is 9.89. The summed E-state index contributed by atoms with van der Waals surface area (Å²) < 4.78 is 0. The molecule has 0 spiro atoms. The molecule has 1 fully saturated rings. The molecule has 0 aromatic carbocycles. The molecule has 1 aromatic heterocycles. The minimum absolute atomic E-state index is 0.0886. The summed E-state index contributed by atoms with van der Waals surface area (Å²) in [5.74, 6) is 0. The average Bonchev–Trinajstić information content (AvgIpc) is 2.30. The summed E-state index contributed by atoms with van der Waals surface area (Å²) in [6.07, 6.45) is 5.99. The van der Waals surface area contributed by atoms with E-state index in [4.69, 9.17) is 0 Å². The van der Waals surface area contributed by atoms with Crippen LogP contribution in [-0.2, 0) is 6.54 Å². The SMILES string of the molecule is CC1(CO)CCCN(Cc2ccncc2)C1. The van der Waals surface area contributed by atoms with Crippen LogP contribution in [-0.4, -0.2) is 34.7 Å². The van der Waals surface area contributed by atoms with E-state index in [1.807, 2.05) is 12.4 Å². The summed E-state index contributed by atoms with van der Waals surface area (Å²) in [6, 6.07) is 4.12. The molecule has 1 unspecified atom stereocenters. The standard InChI is InChI=1S/C13H20N2O/c1-13(11-16)5-2-8-15(10-13)9-12-3-6-14-7-4-12/h3-4,6-7,16H,2,5,8-11H2,1H3. The molecule has 1 aliphatic heterocycles. The number of nitrogens with zero attached hydrogens (tertiary/aromatic N) is 2. The fraction of sp³-hybridized carbons (Fsp3) is 0.615. The van der Waals surface area contributed by atoms with Crippen molar-refractivity contribution in [3.8, 4) is 0 Å². The Morgan fingerprint density at radius 2 is 2.19 bits per heavy atom. The first kappa shape index (κ1) is 11.6. The molecule has 88 valence electrons. The van der Waals surface area contributed by atoms with Gasteiger partial charge in [-0.25, -0.2) is 0 Å².